The van der Waals surface area contributed by atoms with Crippen molar-refractivity contribution in [3.63, 3.8) is 0 Å². The lowest BCUT2D eigenvalue weighted by Gasteiger charge is -2.03. The summed E-state index contributed by atoms with van der Waals surface area (Å²) >= 11 is 4.61. The summed E-state index contributed by atoms with van der Waals surface area (Å²) in [6.07, 6.45) is 4.00. The fourth-order valence-corrected chi connectivity index (χ4v) is 5.35. The van der Waals surface area contributed by atoms with Gasteiger partial charge in [-0.05, 0) is 25.8 Å². The summed E-state index contributed by atoms with van der Waals surface area (Å²) in [5, 5.41) is 14.3. The number of aromatic nitrogens is 4. The van der Waals surface area contributed by atoms with Crippen LogP contribution in [0.4, 0.5) is 5.13 Å². The fourth-order valence-electron chi connectivity index (χ4n) is 2.68. The van der Waals surface area contributed by atoms with Gasteiger partial charge in [0.1, 0.15) is 27.3 Å². The maximum Gasteiger partial charge on any atom is 0.227 e. The summed E-state index contributed by atoms with van der Waals surface area (Å²) in [6, 6.07) is 2.09. The van der Waals surface area contributed by atoms with Crippen molar-refractivity contribution < 1.29 is 9.53 Å². The van der Waals surface area contributed by atoms with Gasteiger partial charge in [-0.3, -0.25) is 4.79 Å². The Bertz CT molecular complexity index is 920. The molecule has 0 radical (unpaired) electrons. The number of hydrogen-bond donors (Lipinski definition) is 1. The van der Waals surface area contributed by atoms with Gasteiger partial charge in [-0.1, -0.05) is 11.3 Å². The second-order valence-corrected chi connectivity index (χ2v) is 9.18. The van der Waals surface area contributed by atoms with Crippen molar-refractivity contribution in [1.82, 2.24) is 20.2 Å². The molecule has 4 heterocycles. The first-order valence-corrected chi connectivity index (χ1v) is 10.9. The molecule has 0 aromatic carbocycles. The van der Waals surface area contributed by atoms with Gasteiger partial charge in [0.15, 0.2) is 0 Å². The third-order valence-electron chi connectivity index (χ3n) is 3.88. The first-order valence-electron chi connectivity index (χ1n) is 8.28. The monoisotopic (exact) mass is 407 g/mol. The lowest BCUT2D eigenvalue weighted by Crippen LogP contribution is -2.12. The van der Waals surface area contributed by atoms with Gasteiger partial charge in [0.05, 0.1) is 0 Å². The highest BCUT2D eigenvalue weighted by Crippen LogP contribution is 2.32. The molecule has 136 valence electrons. The molecule has 0 aliphatic carbocycles. The van der Waals surface area contributed by atoms with E-state index < -0.39 is 0 Å². The van der Waals surface area contributed by atoms with Crippen molar-refractivity contribution in [2.45, 2.75) is 37.3 Å². The number of fused-ring (bicyclic) bond motifs is 1. The van der Waals surface area contributed by atoms with Crippen LogP contribution in [0.15, 0.2) is 17.4 Å². The van der Waals surface area contributed by atoms with E-state index in [1.54, 1.807) is 29.4 Å². The van der Waals surface area contributed by atoms with Crippen molar-refractivity contribution in [2.75, 3.05) is 17.7 Å². The minimum atomic E-state index is -0.0701. The van der Waals surface area contributed by atoms with Crippen molar-refractivity contribution in [3.05, 3.63) is 22.3 Å². The molecule has 4 rings (SSSR count). The predicted molar refractivity (Wildman–Crippen MR) is 104 cm³/mol. The quantitative estimate of drug-likeness (QED) is 0.491. The van der Waals surface area contributed by atoms with E-state index in [0.717, 1.165) is 39.7 Å². The number of nitrogens with one attached hydrogen (secondary N) is 1. The fraction of sp³-hybridized carbons (Fsp3) is 0.438. The van der Waals surface area contributed by atoms with Crippen LogP contribution in [0.2, 0.25) is 0 Å². The molecule has 0 spiro atoms. The normalized spacial score (nSPS) is 17.0. The Balaban J connectivity index is 1.30. The summed E-state index contributed by atoms with van der Waals surface area (Å²) in [6.45, 7) is 2.82. The molecule has 1 fully saturated rings. The Morgan fingerprint density at radius 3 is 3.15 bits per heavy atom. The molecule has 1 aliphatic rings. The Morgan fingerprint density at radius 2 is 2.31 bits per heavy atom. The molecule has 1 saturated heterocycles. The van der Waals surface area contributed by atoms with Crippen molar-refractivity contribution in [1.29, 1.82) is 0 Å². The topological polar surface area (TPSA) is 89.9 Å². The lowest BCUT2D eigenvalue weighted by molar-refractivity contribution is -0.115. The number of nitrogens with zero attached hydrogens (tertiary/aromatic N) is 4. The van der Waals surface area contributed by atoms with Crippen LogP contribution in [0.25, 0.3) is 10.2 Å². The van der Waals surface area contributed by atoms with E-state index >= 15 is 0 Å². The number of aryl methyl sites for hydroxylation is 1. The molecule has 26 heavy (non-hydrogen) atoms. The van der Waals surface area contributed by atoms with E-state index in [4.69, 9.17) is 4.74 Å². The SMILES string of the molecule is Cc1cc2c(SCCC(=O)Nc3nnc(C4CCCO4)s3)ncnc2s1. The van der Waals surface area contributed by atoms with E-state index in [9.17, 15) is 4.79 Å². The van der Waals surface area contributed by atoms with Crippen LogP contribution in [0.3, 0.4) is 0 Å². The van der Waals surface area contributed by atoms with Gasteiger partial charge in [-0.2, -0.15) is 0 Å². The maximum absolute atomic E-state index is 12.2. The molecular weight excluding hydrogens is 390 g/mol. The summed E-state index contributed by atoms with van der Waals surface area (Å²) in [4.78, 5) is 23.0. The Kier molecular flexibility index (Phi) is 5.44. The molecule has 1 atom stereocenters. The average Bonchev–Trinajstić information content (AvgIpc) is 3.34. The van der Waals surface area contributed by atoms with Crippen molar-refractivity contribution in [2.24, 2.45) is 0 Å². The maximum atomic E-state index is 12.2. The minimum Gasteiger partial charge on any atom is -0.371 e. The average molecular weight is 408 g/mol. The predicted octanol–water partition coefficient (Wildman–Crippen LogP) is 3.82. The molecule has 10 heteroatoms. The number of hydrogen-bond acceptors (Lipinski definition) is 9. The number of thiophene rings is 1. The molecule has 3 aromatic heterocycles. The van der Waals surface area contributed by atoms with E-state index in [0.29, 0.717) is 17.3 Å². The molecule has 3 aromatic rings. The van der Waals surface area contributed by atoms with E-state index in [1.165, 1.54) is 16.2 Å². The van der Waals surface area contributed by atoms with Gasteiger partial charge in [-0.15, -0.1) is 33.3 Å². The highest BCUT2D eigenvalue weighted by Gasteiger charge is 2.22. The second kappa shape index (κ2) is 7.95. The number of carbonyl (C=O) groups excluding carboxylic acids is 1. The molecule has 1 aliphatic heterocycles. The molecule has 0 bridgehead atoms. The van der Waals surface area contributed by atoms with Crippen molar-refractivity contribution in [3.8, 4) is 0 Å². The largest absolute Gasteiger partial charge is 0.371 e. The third-order valence-corrected chi connectivity index (χ3v) is 6.77. The first-order chi connectivity index (χ1) is 12.7. The highest BCUT2D eigenvalue weighted by atomic mass is 32.2. The van der Waals surface area contributed by atoms with Gasteiger partial charge in [0, 0.05) is 29.0 Å². The lowest BCUT2D eigenvalue weighted by atomic mass is 10.2. The van der Waals surface area contributed by atoms with Gasteiger partial charge < -0.3 is 10.1 Å². The number of rotatable bonds is 6. The van der Waals surface area contributed by atoms with E-state index in [1.807, 2.05) is 0 Å². The van der Waals surface area contributed by atoms with Crippen LogP contribution in [-0.2, 0) is 9.53 Å². The van der Waals surface area contributed by atoms with Gasteiger partial charge in [0.2, 0.25) is 11.0 Å². The zero-order valence-electron chi connectivity index (χ0n) is 14.1. The standard InChI is InChI=1S/C16H17N5O2S3/c1-9-7-10-13(17-8-18-14(10)25-9)24-6-4-12(22)19-16-21-20-15(26-16)11-3-2-5-23-11/h7-8,11H,2-6H2,1H3,(H,19,21,22). The van der Waals surface area contributed by atoms with Crippen LogP contribution >= 0.6 is 34.4 Å². The summed E-state index contributed by atoms with van der Waals surface area (Å²) in [5.41, 5.74) is 0. The zero-order valence-corrected chi connectivity index (χ0v) is 16.5. The van der Waals surface area contributed by atoms with Crippen LogP contribution in [0.1, 0.15) is 35.3 Å². The summed E-state index contributed by atoms with van der Waals surface area (Å²) < 4.78 is 5.59. The zero-order chi connectivity index (χ0) is 17.9. The Hall–Kier alpha value is -1.62. The number of amides is 1. The van der Waals surface area contributed by atoms with Crippen LogP contribution < -0.4 is 5.32 Å². The molecule has 7 nitrogen and oxygen atoms in total. The number of carbonyl (C=O) groups is 1. The second-order valence-electron chi connectivity index (χ2n) is 5.85. The smallest absolute Gasteiger partial charge is 0.227 e. The van der Waals surface area contributed by atoms with Crippen molar-refractivity contribution >= 4 is 55.7 Å². The molecule has 1 unspecified atom stereocenters. The number of ether oxygens (including phenoxy) is 1. The molecule has 1 amide bonds. The third kappa shape index (κ3) is 4.03. The van der Waals surface area contributed by atoms with Crippen LogP contribution in [0.5, 0.6) is 0 Å². The molecule has 1 N–H and O–H groups in total. The van der Waals surface area contributed by atoms with Crippen LogP contribution in [-0.4, -0.2) is 38.4 Å². The van der Waals surface area contributed by atoms with Gasteiger partial charge in [-0.25, -0.2) is 9.97 Å². The number of thioether (sulfide) groups is 1. The van der Waals surface area contributed by atoms with Gasteiger partial charge in [0.25, 0.3) is 0 Å². The minimum absolute atomic E-state index is 0.0305. The summed E-state index contributed by atoms with van der Waals surface area (Å²) in [7, 11) is 0. The van der Waals surface area contributed by atoms with Crippen LogP contribution in [0, 0.1) is 6.92 Å². The molecule has 0 saturated carbocycles. The Labute approximate surface area is 162 Å². The molecular formula is C16H17N5O2S3. The van der Waals surface area contributed by atoms with E-state index in [-0.39, 0.29) is 12.0 Å². The Morgan fingerprint density at radius 1 is 1.38 bits per heavy atom. The van der Waals surface area contributed by atoms with Gasteiger partial charge >= 0.3 is 0 Å². The highest BCUT2D eigenvalue weighted by molar-refractivity contribution is 7.99. The first kappa shape index (κ1) is 17.8. The summed E-state index contributed by atoms with van der Waals surface area (Å²) in [5.74, 6) is 0.573. The number of anilines is 1. The van der Waals surface area contributed by atoms with E-state index in [2.05, 4.69) is 38.5 Å².